The summed E-state index contributed by atoms with van der Waals surface area (Å²) in [7, 11) is 0. The summed E-state index contributed by atoms with van der Waals surface area (Å²) in [6, 6.07) is 12.0. The van der Waals surface area contributed by atoms with E-state index in [-0.39, 0.29) is 11.5 Å². The maximum absolute atomic E-state index is 12.9. The van der Waals surface area contributed by atoms with Gasteiger partial charge in [0.05, 0.1) is 28.6 Å². The topological polar surface area (TPSA) is 96.0 Å². The van der Waals surface area contributed by atoms with Gasteiger partial charge in [-0.15, -0.1) is 0 Å². The van der Waals surface area contributed by atoms with Crippen LogP contribution in [0.3, 0.4) is 0 Å². The van der Waals surface area contributed by atoms with Gasteiger partial charge >= 0.3 is 5.97 Å². The maximum atomic E-state index is 12.9. The van der Waals surface area contributed by atoms with Gasteiger partial charge in [-0.2, -0.15) is 0 Å². The van der Waals surface area contributed by atoms with Gasteiger partial charge in [-0.1, -0.05) is 19.1 Å². The Hall–Kier alpha value is -3.65. The molecule has 1 aliphatic heterocycles. The molecule has 31 heavy (non-hydrogen) atoms. The van der Waals surface area contributed by atoms with Gasteiger partial charge in [0.1, 0.15) is 5.76 Å². The number of amidine groups is 1. The first-order valence-corrected chi connectivity index (χ1v) is 10.5. The second-order valence-electron chi connectivity index (χ2n) is 6.79. The van der Waals surface area contributed by atoms with Gasteiger partial charge in [0, 0.05) is 24.4 Å². The number of aromatic carboxylic acids is 1. The van der Waals surface area contributed by atoms with Gasteiger partial charge in [-0.25, -0.2) is 9.79 Å². The molecule has 1 N–H and O–H groups in total. The van der Waals surface area contributed by atoms with E-state index in [1.54, 1.807) is 60.0 Å². The number of carbonyl (C=O) groups excluding carboxylic acids is 1. The lowest BCUT2D eigenvalue weighted by Crippen LogP contribution is -2.29. The van der Waals surface area contributed by atoms with E-state index in [4.69, 9.17) is 9.52 Å². The molecule has 1 amide bonds. The third kappa shape index (κ3) is 4.59. The van der Waals surface area contributed by atoms with E-state index in [0.717, 1.165) is 17.5 Å². The summed E-state index contributed by atoms with van der Waals surface area (Å²) in [6.07, 6.45) is 7.42. The molecule has 0 unspecified atom stereocenters. The monoisotopic (exact) mass is 433 g/mol. The molecular weight excluding hydrogens is 414 g/mol. The predicted octanol–water partition coefficient (Wildman–Crippen LogP) is 5.05. The highest BCUT2D eigenvalue weighted by molar-refractivity contribution is 8.18. The van der Waals surface area contributed by atoms with Crippen molar-refractivity contribution in [2.45, 2.75) is 13.3 Å². The molecule has 0 spiro atoms. The highest BCUT2D eigenvalue weighted by atomic mass is 32.2. The molecule has 1 aromatic carbocycles. The molecule has 1 fully saturated rings. The third-order valence-electron chi connectivity index (χ3n) is 4.56. The Kier molecular flexibility index (Phi) is 5.99. The van der Waals surface area contributed by atoms with Crippen LogP contribution < -0.4 is 0 Å². The van der Waals surface area contributed by atoms with E-state index in [9.17, 15) is 9.59 Å². The highest BCUT2D eigenvalue weighted by Crippen LogP contribution is 2.35. The van der Waals surface area contributed by atoms with Crippen LogP contribution in [0, 0.1) is 0 Å². The van der Waals surface area contributed by atoms with Crippen LogP contribution in [0.25, 0.3) is 17.2 Å². The minimum Gasteiger partial charge on any atom is -0.478 e. The van der Waals surface area contributed by atoms with Crippen LogP contribution in [0.5, 0.6) is 0 Å². The van der Waals surface area contributed by atoms with Crippen LogP contribution >= 0.6 is 11.8 Å². The minimum absolute atomic E-state index is 0.113. The number of amides is 1. The molecule has 1 aliphatic rings. The van der Waals surface area contributed by atoms with Gasteiger partial charge in [-0.3, -0.25) is 14.7 Å². The molecule has 0 aliphatic carbocycles. The van der Waals surface area contributed by atoms with Crippen molar-refractivity contribution in [2.24, 2.45) is 4.99 Å². The molecule has 2 aromatic heterocycles. The second-order valence-corrected chi connectivity index (χ2v) is 7.80. The van der Waals surface area contributed by atoms with E-state index in [2.05, 4.69) is 9.98 Å². The summed E-state index contributed by atoms with van der Waals surface area (Å²) in [5.74, 6) is -0.549. The SMILES string of the molecule is CCCN1C(=O)/C(=C/c2cc(-c3ccc(C(=O)O)cc3)co2)SC1=Nc1cccnc1. The van der Waals surface area contributed by atoms with Gasteiger partial charge < -0.3 is 9.52 Å². The summed E-state index contributed by atoms with van der Waals surface area (Å²) < 4.78 is 5.63. The third-order valence-corrected chi connectivity index (χ3v) is 5.57. The van der Waals surface area contributed by atoms with Crippen molar-refractivity contribution in [3.8, 4) is 11.1 Å². The van der Waals surface area contributed by atoms with E-state index in [1.165, 1.54) is 11.8 Å². The number of carboxylic acid groups (broad SMARTS) is 1. The van der Waals surface area contributed by atoms with Crippen molar-refractivity contribution in [1.29, 1.82) is 0 Å². The number of hydrogen-bond acceptors (Lipinski definition) is 6. The zero-order chi connectivity index (χ0) is 21.8. The van der Waals surface area contributed by atoms with Crippen molar-refractivity contribution in [2.75, 3.05) is 6.54 Å². The second kappa shape index (κ2) is 9.01. The first kappa shape index (κ1) is 20.6. The van der Waals surface area contributed by atoms with E-state index in [1.807, 2.05) is 19.1 Å². The number of carbonyl (C=O) groups is 2. The summed E-state index contributed by atoms with van der Waals surface area (Å²) in [4.78, 5) is 34.8. The average Bonchev–Trinajstić information content (AvgIpc) is 3.35. The fourth-order valence-electron chi connectivity index (χ4n) is 3.06. The number of aliphatic imine (C=N–C) groups is 1. The molecule has 7 nitrogen and oxygen atoms in total. The fraction of sp³-hybridized carbons (Fsp3) is 0.130. The Morgan fingerprint density at radius 2 is 2.06 bits per heavy atom. The van der Waals surface area contributed by atoms with Gasteiger partial charge in [0.25, 0.3) is 5.91 Å². The van der Waals surface area contributed by atoms with Crippen LogP contribution in [0.1, 0.15) is 29.5 Å². The Bertz CT molecular complexity index is 1170. The predicted molar refractivity (Wildman–Crippen MR) is 120 cm³/mol. The zero-order valence-corrected chi connectivity index (χ0v) is 17.5. The smallest absolute Gasteiger partial charge is 0.335 e. The molecular formula is C23H19N3O4S. The molecule has 156 valence electrons. The number of aromatic nitrogens is 1. The van der Waals surface area contributed by atoms with Crippen LogP contribution in [-0.4, -0.2) is 38.6 Å². The Balaban J connectivity index is 1.59. The summed E-state index contributed by atoms with van der Waals surface area (Å²) >= 11 is 1.30. The number of pyridine rings is 1. The normalized spacial score (nSPS) is 16.4. The Labute approximate surface area is 183 Å². The quantitative estimate of drug-likeness (QED) is 0.546. The van der Waals surface area contributed by atoms with Gasteiger partial charge in [0.15, 0.2) is 5.17 Å². The molecule has 8 heteroatoms. The standard InChI is InChI=1S/C23H19N3O4S/c1-2-10-26-21(27)20(31-23(26)25-18-4-3-9-24-13-18)12-19-11-17(14-30-19)15-5-7-16(8-6-15)22(28)29/h3-9,11-14H,2,10H2,1H3,(H,28,29)/b20-12-,25-23?. The lowest BCUT2D eigenvalue weighted by Gasteiger charge is -2.13. The average molecular weight is 433 g/mol. The number of nitrogens with zero attached hydrogens (tertiary/aromatic N) is 3. The number of furan rings is 1. The lowest BCUT2D eigenvalue weighted by molar-refractivity contribution is -0.122. The summed E-state index contributed by atoms with van der Waals surface area (Å²) in [6.45, 7) is 2.58. The van der Waals surface area contributed by atoms with Crippen molar-refractivity contribution in [3.05, 3.63) is 77.4 Å². The Morgan fingerprint density at radius 1 is 1.26 bits per heavy atom. The van der Waals surface area contributed by atoms with E-state index < -0.39 is 5.97 Å². The van der Waals surface area contributed by atoms with Crippen LogP contribution in [0.4, 0.5) is 5.69 Å². The number of carboxylic acids is 1. The van der Waals surface area contributed by atoms with Crippen molar-refractivity contribution < 1.29 is 19.1 Å². The molecule has 4 rings (SSSR count). The molecule has 0 bridgehead atoms. The lowest BCUT2D eigenvalue weighted by atomic mass is 10.1. The van der Waals surface area contributed by atoms with E-state index >= 15 is 0 Å². The number of benzene rings is 1. The zero-order valence-electron chi connectivity index (χ0n) is 16.7. The first-order valence-electron chi connectivity index (χ1n) is 9.67. The van der Waals surface area contributed by atoms with Crippen LogP contribution in [0.15, 0.2) is 75.4 Å². The fourth-order valence-corrected chi connectivity index (χ4v) is 4.06. The molecule has 3 heterocycles. The van der Waals surface area contributed by atoms with Gasteiger partial charge in [-0.05, 0) is 54.1 Å². The number of hydrogen-bond donors (Lipinski definition) is 1. The van der Waals surface area contributed by atoms with Crippen molar-refractivity contribution in [3.63, 3.8) is 0 Å². The summed E-state index contributed by atoms with van der Waals surface area (Å²) in [5.41, 5.74) is 2.54. The maximum Gasteiger partial charge on any atom is 0.335 e. The highest BCUT2D eigenvalue weighted by Gasteiger charge is 2.33. The molecule has 0 atom stereocenters. The van der Waals surface area contributed by atoms with Gasteiger partial charge in [0.2, 0.25) is 0 Å². The molecule has 1 saturated heterocycles. The molecule has 3 aromatic rings. The number of rotatable bonds is 6. The summed E-state index contributed by atoms with van der Waals surface area (Å²) in [5, 5.41) is 9.64. The largest absolute Gasteiger partial charge is 0.478 e. The van der Waals surface area contributed by atoms with Crippen LogP contribution in [-0.2, 0) is 4.79 Å². The molecule has 0 radical (unpaired) electrons. The van der Waals surface area contributed by atoms with Crippen molar-refractivity contribution in [1.82, 2.24) is 9.88 Å². The van der Waals surface area contributed by atoms with Crippen LogP contribution in [0.2, 0.25) is 0 Å². The van der Waals surface area contributed by atoms with E-state index in [0.29, 0.717) is 28.1 Å². The first-order chi connectivity index (χ1) is 15.0. The van der Waals surface area contributed by atoms with Crippen molar-refractivity contribution >= 4 is 40.6 Å². The minimum atomic E-state index is -0.971. The Morgan fingerprint density at radius 3 is 2.74 bits per heavy atom. The number of thioether (sulfide) groups is 1. The molecule has 0 saturated carbocycles.